The van der Waals surface area contributed by atoms with Gasteiger partial charge < -0.3 is 25.0 Å². The summed E-state index contributed by atoms with van der Waals surface area (Å²) in [5, 5.41) is 5.45. The van der Waals surface area contributed by atoms with Gasteiger partial charge >= 0.3 is 0 Å². The Morgan fingerprint density at radius 2 is 1.82 bits per heavy atom. The quantitative estimate of drug-likeness (QED) is 0.253. The number of carbonyl (C=O) groups is 2. The van der Waals surface area contributed by atoms with E-state index in [1.165, 1.54) is 23.5 Å². The van der Waals surface area contributed by atoms with E-state index in [1.807, 2.05) is 4.90 Å². The number of halogens is 2. The van der Waals surface area contributed by atoms with E-state index in [1.54, 1.807) is 55.8 Å². The van der Waals surface area contributed by atoms with Gasteiger partial charge in [0, 0.05) is 37.1 Å². The van der Waals surface area contributed by atoms with Crippen molar-refractivity contribution in [2.45, 2.75) is 19.3 Å². The summed E-state index contributed by atoms with van der Waals surface area (Å²) in [6.07, 6.45) is 3.71. The number of anilines is 1. The third-order valence-electron chi connectivity index (χ3n) is 6.17. The molecule has 5 rings (SSSR count). The maximum absolute atomic E-state index is 15.0. The SMILES string of the molecule is COc1ccc(CC(=O)NC(=S)Nc2ccc(Oc3ccnc4cc(C(=O)N5CCCC5)sc34)c(F)c2)cc1.Cl. The van der Waals surface area contributed by atoms with Crippen LogP contribution in [-0.2, 0) is 11.2 Å². The molecule has 1 aliphatic rings. The lowest BCUT2D eigenvalue weighted by atomic mass is 10.1. The van der Waals surface area contributed by atoms with Gasteiger partial charge in [0.1, 0.15) is 11.5 Å². The lowest BCUT2D eigenvalue weighted by molar-refractivity contribution is -0.119. The van der Waals surface area contributed by atoms with Crippen LogP contribution in [0.3, 0.4) is 0 Å². The average molecular weight is 601 g/mol. The van der Waals surface area contributed by atoms with Crippen LogP contribution in [-0.4, -0.2) is 47.0 Å². The molecule has 8 nitrogen and oxygen atoms in total. The van der Waals surface area contributed by atoms with Crippen LogP contribution in [0.25, 0.3) is 10.2 Å². The number of hydrogen-bond acceptors (Lipinski definition) is 7. The van der Waals surface area contributed by atoms with Gasteiger partial charge in [-0.1, -0.05) is 12.1 Å². The zero-order valence-electron chi connectivity index (χ0n) is 21.4. The monoisotopic (exact) mass is 600 g/mol. The highest BCUT2D eigenvalue weighted by molar-refractivity contribution is 7.80. The number of carbonyl (C=O) groups excluding carboxylic acids is 2. The molecular weight excluding hydrogens is 575 g/mol. The van der Waals surface area contributed by atoms with Gasteiger partial charge in [0.05, 0.1) is 28.6 Å². The molecule has 1 saturated heterocycles. The Balaban J connectivity index is 0.00000370. The number of pyridine rings is 1. The Labute approximate surface area is 245 Å². The van der Waals surface area contributed by atoms with Gasteiger partial charge in [-0.3, -0.25) is 14.6 Å². The van der Waals surface area contributed by atoms with Crippen molar-refractivity contribution < 1.29 is 23.5 Å². The van der Waals surface area contributed by atoms with Gasteiger partial charge in [-0.15, -0.1) is 23.7 Å². The Morgan fingerprint density at radius 3 is 2.52 bits per heavy atom. The van der Waals surface area contributed by atoms with Gasteiger partial charge in [-0.25, -0.2) is 4.39 Å². The number of benzene rings is 2. The lowest BCUT2D eigenvalue weighted by Gasteiger charge is -2.13. The number of thiocarbonyl (C=S) groups is 1. The summed E-state index contributed by atoms with van der Waals surface area (Å²) < 4.78 is 26.6. The summed E-state index contributed by atoms with van der Waals surface area (Å²) in [5.41, 5.74) is 1.77. The summed E-state index contributed by atoms with van der Waals surface area (Å²) in [7, 11) is 1.57. The maximum Gasteiger partial charge on any atom is 0.264 e. The van der Waals surface area contributed by atoms with E-state index in [9.17, 15) is 14.0 Å². The summed E-state index contributed by atoms with van der Waals surface area (Å²) in [6, 6.07) is 14.8. The predicted molar refractivity (Wildman–Crippen MR) is 160 cm³/mol. The molecule has 4 aromatic rings. The van der Waals surface area contributed by atoms with Gasteiger partial charge in [0.2, 0.25) is 5.91 Å². The smallest absolute Gasteiger partial charge is 0.264 e. The van der Waals surface area contributed by atoms with Crippen molar-refractivity contribution in [1.29, 1.82) is 0 Å². The fraction of sp³-hybridized carbons (Fsp3) is 0.214. The van der Waals surface area contributed by atoms with E-state index >= 15 is 0 Å². The number of thiophene rings is 1. The molecule has 208 valence electrons. The van der Waals surface area contributed by atoms with E-state index in [0.29, 0.717) is 32.3 Å². The molecule has 2 aromatic carbocycles. The number of fused-ring (bicyclic) bond motifs is 1. The molecule has 0 unspecified atom stereocenters. The van der Waals surface area contributed by atoms with Crippen molar-refractivity contribution in [3.8, 4) is 17.2 Å². The number of amides is 2. The number of aromatic nitrogens is 1. The molecule has 12 heteroatoms. The van der Waals surface area contributed by atoms with Crippen LogP contribution < -0.4 is 20.1 Å². The molecule has 1 aliphatic heterocycles. The van der Waals surface area contributed by atoms with Crippen molar-refractivity contribution in [2.24, 2.45) is 0 Å². The molecule has 2 aromatic heterocycles. The number of nitrogens with zero attached hydrogens (tertiary/aromatic N) is 2. The van der Waals surface area contributed by atoms with Crippen LogP contribution in [0.4, 0.5) is 10.1 Å². The van der Waals surface area contributed by atoms with Crippen molar-refractivity contribution >= 4 is 68.8 Å². The fourth-order valence-electron chi connectivity index (χ4n) is 4.22. The lowest BCUT2D eigenvalue weighted by Crippen LogP contribution is -2.35. The Bertz CT molecular complexity index is 1540. The average Bonchev–Trinajstić information content (AvgIpc) is 3.61. The summed E-state index contributed by atoms with van der Waals surface area (Å²) in [5.74, 6) is 0.164. The highest BCUT2D eigenvalue weighted by Gasteiger charge is 2.22. The second-order valence-electron chi connectivity index (χ2n) is 8.91. The normalized spacial score (nSPS) is 12.5. The molecule has 2 N–H and O–H groups in total. The fourth-order valence-corrected chi connectivity index (χ4v) is 5.48. The molecular formula is C28H26ClFN4O4S2. The second kappa shape index (κ2) is 13.0. The van der Waals surface area contributed by atoms with Crippen LogP contribution >= 0.6 is 36.0 Å². The molecule has 3 heterocycles. The molecule has 0 atom stereocenters. The molecule has 0 aliphatic carbocycles. The first-order chi connectivity index (χ1) is 18.9. The number of ether oxygens (including phenoxy) is 2. The van der Waals surface area contributed by atoms with Crippen molar-refractivity contribution in [2.75, 3.05) is 25.5 Å². The predicted octanol–water partition coefficient (Wildman–Crippen LogP) is 5.95. The molecule has 40 heavy (non-hydrogen) atoms. The van der Waals surface area contributed by atoms with Crippen LogP contribution in [0.15, 0.2) is 60.8 Å². The largest absolute Gasteiger partial charge is 0.497 e. The number of methoxy groups -OCH3 is 1. The first kappa shape index (κ1) is 29.2. The molecule has 0 saturated carbocycles. The highest BCUT2D eigenvalue weighted by atomic mass is 35.5. The Hall–Kier alpha value is -3.80. The van der Waals surface area contributed by atoms with E-state index < -0.39 is 5.82 Å². The molecule has 2 amide bonds. The minimum absolute atomic E-state index is 0. The van der Waals surface area contributed by atoms with Gasteiger partial charge in [0.15, 0.2) is 16.7 Å². The van der Waals surface area contributed by atoms with E-state index in [-0.39, 0.29) is 41.5 Å². The van der Waals surface area contributed by atoms with Gasteiger partial charge in [-0.2, -0.15) is 0 Å². The summed E-state index contributed by atoms with van der Waals surface area (Å²) >= 11 is 6.50. The third-order valence-corrected chi connectivity index (χ3v) is 7.50. The summed E-state index contributed by atoms with van der Waals surface area (Å²) in [6.45, 7) is 1.51. The van der Waals surface area contributed by atoms with Crippen molar-refractivity contribution in [3.63, 3.8) is 0 Å². The number of likely N-dealkylation sites (tertiary alicyclic amines) is 1. The minimum Gasteiger partial charge on any atom is -0.497 e. The second-order valence-corrected chi connectivity index (χ2v) is 10.4. The Morgan fingerprint density at radius 1 is 1.07 bits per heavy atom. The first-order valence-electron chi connectivity index (χ1n) is 12.3. The van der Waals surface area contributed by atoms with Crippen LogP contribution in [0.2, 0.25) is 0 Å². The maximum atomic E-state index is 15.0. The first-order valence-corrected chi connectivity index (χ1v) is 13.5. The zero-order valence-corrected chi connectivity index (χ0v) is 23.9. The zero-order chi connectivity index (χ0) is 27.4. The highest BCUT2D eigenvalue weighted by Crippen LogP contribution is 2.36. The van der Waals surface area contributed by atoms with Crippen molar-refractivity contribution in [1.82, 2.24) is 15.2 Å². The van der Waals surface area contributed by atoms with Gasteiger partial charge in [0.25, 0.3) is 5.91 Å². The Kier molecular flexibility index (Phi) is 9.51. The topological polar surface area (TPSA) is 92.8 Å². The van der Waals surface area contributed by atoms with Gasteiger partial charge in [-0.05, 0) is 61.0 Å². The van der Waals surface area contributed by atoms with E-state index in [4.69, 9.17) is 21.7 Å². The van der Waals surface area contributed by atoms with Crippen LogP contribution in [0.5, 0.6) is 17.2 Å². The number of rotatable bonds is 7. The van der Waals surface area contributed by atoms with E-state index in [2.05, 4.69) is 15.6 Å². The standard InChI is InChI=1S/C28H25FN4O4S2.ClH/c1-36-19-7-4-17(5-8-19)14-25(34)32-28(38)31-18-6-9-22(20(29)15-18)37-23-10-11-30-21-16-24(39-26(21)23)27(35)33-12-2-3-13-33;/h4-11,15-16H,2-3,12-14H2,1H3,(H2,31,32,34,38);1H. The van der Waals surface area contributed by atoms with Crippen LogP contribution in [0, 0.1) is 5.82 Å². The number of hydrogen-bond donors (Lipinski definition) is 2. The molecule has 0 bridgehead atoms. The number of nitrogens with one attached hydrogen (secondary N) is 2. The summed E-state index contributed by atoms with van der Waals surface area (Å²) in [4.78, 5) is 31.9. The molecule has 0 spiro atoms. The van der Waals surface area contributed by atoms with Crippen molar-refractivity contribution in [3.05, 3.63) is 77.1 Å². The minimum atomic E-state index is -0.623. The third kappa shape index (κ3) is 6.85. The van der Waals surface area contributed by atoms with Crippen LogP contribution in [0.1, 0.15) is 28.1 Å². The molecule has 1 fully saturated rings. The molecule has 0 radical (unpaired) electrons. The van der Waals surface area contributed by atoms with E-state index in [0.717, 1.165) is 31.5 Å².